The second kappa shape index (κ2) is 11.2. The molecule has 0 spiro atoms. The molecule has 1 atom stereocenters. The molecule has 1 heterocycles. The van der Waals surface area contributed by atoms with Crippen LogP contribution in [0.25, 0.3) is 0 Å². The lowest BCUT2D eigenvalue weighted by Gasteiger charge is -2.16. The number of methoxy groups -OCH3 is 1. The molecule has 31 heavy (non-hydrogen) atoms. The molecule has 0 aliphatic rings. The molecule has 0 aliphatic carbocycles. The van der Waals surface area contributed by atoms with Crippen molar-refractivity contribution in [3.8, 4) is 0 Å². The molecule has 0 saturated carbocycles. The highest BCUT2D eigenvalue weighted by Crippen LogP contribution is 2.19. The van der Waals surface area contributed by atoms with Gasteiger partial charge in [-0.25, -0.2) is 4.79 Å². The third-order valence-corrected chi connectivity index (χ3v) is 4.38. The average Bonchev–Trinajstić information content (AvgIpc) is 3.21. The first-order chi connectivity index (χ1) is 14.7. The largest absolute Gasteiger partial charge is 0.467 e. The van der Waals surface area contributed by atoms with Crippen molar-refractivity contribution in [2.45, 2.75) is 57.9 Å². The van der Waals surface area contributed by atoms with E-state index in [0.29, 0.717) is 24.6 Å². The highest BCUT2D eigenvalue weighted by molar-refractivity contribution is 5.86. The number of hydrogen-bond acceptors (Lipinski definition) is 8. The van der Waals surface area contributed by atoms with E-state index in [0.717, 1.165) is 5.56 Å². The van der Waals surface area contributed by atoms with Crippen LogP contribution < -0.4 is 5.32 Å². The maximum atomic E-state index is 12.1. The van der Waals surface area contributed by atoms with Gasteiger partial charge in [0.15, 0.2) is 12.4 Å². The molecule has 1 aromatic carbocycles. The summed E-state index contributed by atoms with van der Waals surface area (Å²) >= 11 is 0. The number of hydrogen-bond donors (Lipinski definition) is 1. The maximum Gasteiger partial charge on any atom is 0.328 e. The number of esters is 2. The van der Waals surface area contributed by atoms with Crippen LogP contribution in [-0.4, -0.2) is 47.7 Å². The van der Waals surface area contributed by atoms with Gasteiger partial charge in [-0.05, 0) is 12.0 Å². The van der Waals surface area contributed by atoms with E-state index in [9.17, 15) is 14.4 Å². The second-order valence-corrected chi connectivity index (χ2v) is 8.11. The lowest BCUT2D eigenvalue weighted by Crippen LogP contribution is -2.44. The monoisotopic (exact) mass is 431 g/mol. The van der Waals surface area contributed by atoms with Crippen LogP contribution in [0.5, 0.6) is 0 Å². The van der Waals surface area contributed by atoms with Crippen molar-refractivity contribution in [2.75, 3.05) is 13.7 Å². The number of carbonyl (C=O) groups is 3. The van der Waals surface area contributed by atoms with Gasteiger partial charge in [-0.3, -0.25) is 9.59 Å². The summed E-state index contributed by atoms with van der Waals surface area (Å²) in [6.45, 7) is 5.47. The summed E-state index contributed by atoms with van der Waals surface area (Å²) in [5.41, 5.74) is 0.655. The molecule has 2 rings (SSSR count). The Morgan fingerprint density at radius 1 is 1.16 bits per heavy atom. The molecule has 0 bridgehead atoms. The van der Waals surface area contributed by atoms with Crippen molar-refractivity contribution < 1.29 is 28.4 Å². The molecule has 1 amide bonds. The predicted molar refractivity (Wildman–Crippen MR) is 111 cm³/mol. The first-order valence-electron chi connectivity index (χ1n) is 10.1. The lowest BCUT2D eigenvalue weighted by molar-refractivity contribution is -0.150. The van der Waals surface area contributed by atoms with Crippen LogP contribution in [0.2, 0.25) is 0 Å². The number of amides is 1. The zero-order valence-electron chi connectivity index (χ0n) is 18.3. The zero-order chi connectivity index (χ0) is 22.9. The highest BCUT2D eigenvalue weighted by Gasteiger charge is 2.23. The summed E-state index contributed by atoms with van der Waals surface area (Å²) < 4.78 is 14.9. The first kappa shape index (κ1) is 24.0. The quantitative estimate of drug-likeness (QED) is 0.568. The summed E-state index contributed by atoms with van der Waals surface area (Å²) in [4.78, 5) is 40.3. The van der Waals surface area contributed by atoms with Crippen LogP contribution in [0.4, 0.5) is 0 Å². The van der Waals surface area contributed by atoms with E-state index < -0.39 is 30.5 Å². The van der Waals surface area contributed by atoms with Crippen molar-refractivity contribution in [3.05, 3.63) is 47.6 Å². The number of nitrogens with one attached hydrogen (secondary N) is 1. The normalized spacial score (nSPS) is 12.1. The third kappa shape index (κ3) is 8.19. The summed E-state index contributed by atoms with van der Waals surface area (Å²) in [5, 5.41) is 6.48. The Bertz CT molecular complexity index is 873. The van der Waals surface area contributed by atoms with E-state index in [1.807, 2.05) is 51.1 Å². The van der Waals surface area contributed by atoms with Gasteiger partial charge in [0.25, 0.3) is 5.91 Å². The molecule has 2 aromatic rings. The second-order valence-electron chi connectivity index (χ2n) is 8.11. The van der Waals surface area contributed by atoms with Gasteiger partial charge < -0.3 is 19.3 Å². The van der Waals surface area contributed by atoms with Crippen LogP contribution in [0, 0.1) is 0 Å². The van der Waals surface area contributed by atoms with Gasteiger partial charge in [0.1, 0.15) is 6.04 Å². The number of nitrogens with zero attached hydrogens (tertiary/aromatic N) is 2. The fraction of sp³-hybridized carbons (Fsp3) is 0.500. The Morgan fingerprint density at radius 2 is 1.87 bits per heavy atom. The average molecular weight is 431 g/mol. The van der Waals surface area contributed by atoms with Crippen LogP contribution in [0.3, 0.4) is 0 Å². The molecule has 0 saturated heterocycles. The standard InChI is InChI=1S/C22H29N3O6/c1-22(2,3)21-24-18(31-25-21)11-8-12-19(27)30-14-17(26)23-16(20(28)29-4)13-15-9-6-5-7-10-15/h5-7,9-10,16H,8,11-14H2,1-4H3,(H,23,26). The lowest BCUT2D eigenvalue weighted by atomic mass is 9.96. The van der Waals surface area contributed by atoms with E-state index in [2.05, 4.69) is 15.5 Å². The fourth-order valence-electron chi connectivity index (χ4n) is 2.68. The molecule has 0 radical (unpaired) electrons. The number of rotatable bonds is 10. The summed E-state index contributed by atoms with van der Waals surface area (Å²) in [6.07, 6.45) is 1.26. The molecule has 168 valence electrons. The van der Waals surface area contributed by atoms with E-state index >= 15 is 0 Å². The number of aryl methyl sites for hydroxylation is 1. The number of ether oxygens (including phenoxy) is 2. The van der Waals surface area contributed by atoms with E-state index in [1.54, 1.807) is 0 Å². The third-order valence-electron chi connectivity index (χ3n) is 4.38. The Hall–Kier alpha value is -3.23. The molecule has 0 aliphatic heterocycles. The molecule has 0 fully saturated rings. The number of aromatic nitrogens is 2. The number of benzene rings is 1. The minimum absolute atomic E-state index is 0.102. The predicted octanol–water partition coefficient (Wildman–Crippen LogP) is 2.13. The van der Waals surface area contributed by atoms with Gasteiger partial charge in [-0.15, -0.1) is 0 Å². The van der Waals surface area contributed by atoms with Crippen LogP contribution in [0.1, 0.15) is 50.9 Å². The molecule has 1 aromatic heterocycles. The van der Waals surface area contributed by atoms with Gasteiger partial charge in [0.05, 0.1) is 7.11 Å². The van der Waals surface area contributed by atoms with Crippen molar-refractivity contribution in [1.29, 1.82) is 0 Å². The molecule has 1 unspecified atom stereocenters. The first-order valence-corrected chi connectivity index (χ1v) is 10.1. The topological polar surface area (TPSA) is 121 Å². The van der Waals surface area contributed by atoms with Crippen molar-refractivity contribution in [2.24, 2.45) is 0 Å². The zero-order valence-corrected chi connectivity index (χ0v) is 18.3. The maximum absolute atomic E-state index is 12.1. The summed E-state index contributed by atoms with van der Waals surface area (Å²) in [7, 11) is 1.25. The Labute approximate surface area is 181 Å². The van der Waals surface area contributed by atoms with Crippen LogP contribution >= 0.6 is 0 Å². The molecule has 9 nitrogen and oxygen atoms in total. The molecule has 1 N–H and O–H groups in total. The molecular formula is C22H29N3O6. The Morgan fingerprint density at radius 3 is 2.48 bits per heavy atom. The van der Waals surface area contributed by atoms with Crippen molar-refractivity contribution >= 4 is 17.8 Å². The number of carbonyl (C=O) groups excluding carboxylic acids is 3. The Balaban J connectivity index is 1.74. The van der Waals surface area contributed by atoms with Crippen LogP contribution in [0.15, 0.2) is 34.9 Å². The fourth-order valence-corrected chi connectivity index (χ4v) is 2.68. The SMILES string of the molecule is COC(=O)C(Cc1ccccc1)NC(=O)COC(=O)CCCc1nc(C(C)(C)C)no1. The van der Waals surface area contributed by atoms with Gasteiger partial charge in [-0.1, -0.05) is 56.3 Å². The van der Waals surface area contributed by atoms with Crippen molar-refractivity contribution in [3.63, 3.8) is 0 Å². The van der Waals surface area contributed by atoms with E-state index in [1.165, 1.54) is 7.11 Å². The molecular weight excluding hydrogens is 402 g/mol. The minimum atomic E-state index is -0.867. The Kier molecular flexibility index (Phi) is 8.72. The highest BCUT2D eigenvalue weighted by atomic mass is 16.5. The van der Waals surface area contributed by atoms with Gasteiger partial charge in [-0.2, -0.15) is 4.98 Å². The van der Waals surface area contributed by atoms with Gasteiger partial charge in [0, 0.05) is 24.7 Å². The molecule has 9 heteroatoms. The van der Waals surface area contributed by atoms with Gasteiger partial charge in [0.2, 0.25) is 5.89 Å². The van der Waals surface area contributed by atoms with Crippen molar-refractivity contribution in [1.82, 2.24) is 15.5 Å². The summed E-state index contributed by atoms with van der Waals surface area (Å²) in [6, 6.07) is 8.35. The van der Waals surface area contributed by atoms with E-state index in [-0.39, 0.29) is 18.3 Å². The van der Waals surface area contributed by atoms with Crippen LogP contribution in [-0.2, 0) is 42.1 Å². The summed E-state index contributed by atoms with van der Waals surface area (Å²) in [5.74, 6) is -0.609. The minimum Gasteiger partial charge on any atom is -0.467 e. The smallest absolute Gasteiger partial charge is 0.328 e. The van der Waals surface area contributed by atoms with Gasteiger partial charge >= 0.3 is 11.9 Å². The van der Waals surface area contributed by atoms with E-state index in [4.69, 9.17) is 14.0 Å².